The Kier molecular flexibility index (Phi) is 4.60. The molecule has 0 aromatic carbocycles. The summed E-state index contributed by atoms with van der Waals surface area (Å²) in [4.78, 5) is 0. The molecule has 1 heterocycles. The summed E-state index contributed by atoms with van der Waals surface area (Å²) in [5.74, 6) is 2.24. The van der Waals surface area contributed by atoms with Gasteiger partial charge in [0, 0.05) is 12.5 Å². The molecule has 0 spiro atoms. The van der Waals surface area contributed by atoms with Gasteiger partial charge in [0.25, 0.3) is 0 Å². The Morgan fingerprint density at radius 3 is 2.78 bits per heavy atom. The van der Waals surface area contributed by atoms with Crippen LogP contribution >= 0.6 is 11.3 Å². The molecule has 0 amide bonds. The van der Waals surface area contributed by atoms with Gasteiger partial charge >= 0.3 is 0 Å². The second kappa shape index (κ2) is 6.00. The molecular formula is C14H25N3S. The van der Waals surface area contributed by atoms with Crippen LogP contribution in [0.1, 0.15) is 52.0 Å². The monoisotopic (exact) mass is 267 g/mol. The minimum Gasteiger partial charge on any atom is -0.357 e. The van der Waals surface area contributed by atoms with E-state index >= 15 is 0 Å². The smallest absolute Gasteiger partial charge is 0.205 e. The summed E-state index contributed by atoms with van der Waals surface area (Å²) in [5, 5.41) is 14.3. The molecule has 1 N–H and O–H groups in total. The second-order valence-electron chi connectivity index (χ2n) is 6.25. The van der Waals surface area contributed by atoms with Crippen LogP contribution in [0.3, 0.4) is 0 Å². The summed E-state index contributed by atoms with van der Waals surface area (Å²) in [6.45, 7) is 9.14. The van der Waals surface area contributed by atoms with Gasteiger partial charge in [-0.05, 0) is 30.6 Å². The van der Waals surface area contributed by atoms with Crippen LogP contribution in [0.4, 0.5) is 5.13 Å². The van der Waals surface area contributed by atoms with Crippen molar-refractivity contribution in [3.8, 4) is 0 Å². The van der Waals surface area contributed by atoms with Gasteiger partial charge in [0.2, 0.25) is 5.13 Å². The van der Waals surface area contributed by atoms with Gasteiger partial charge in [0.1, 0.15) is 5.01 Å². The van der Waals surface area contributed by atoms with Crippen LogP contribution in [0.5, 0.6) is 0 Å². The fourth-order valence-electron chi connectivity index (χ4n) is 2.64. The van der Waals surface area contributed by atoms with Gasteiger partial charge in [-0.25, -0.2) is 0 Å². The minimum atomic E-state index is 0.577. The molecule has 3 nitrogen and oxygen atoms in total. The number of nitrogens with zero attached hydrogens (tertiary/aromatic N) is 2. The third-order valence-corrected chi connectivity index (χ3v) is 4.69. The number of hydrogen-bond donors (Lipinski definition) is 1. The SMILES string of the molecule is CC(C)Cc1nnc(NC2CC(C)CCC2C)s1. The Morgan fingerprint density at radius 2 is 2.06 bits per heavy atom. The normalized spacial score (nSPS) is 28.6. The van der Waals surface area contributed by atoms with Crippen LogP contribution < -0.4 is 5.32 Å². The first-order chi connectivity index (χ1) is 8.54. The highest BCUT2D eigenvalue weighted by Crippen LogP contribution is 2.31. The van der Waals surface area contributed by atoms with Crippen LogP contribution in [-0.4, -0.2) is 16.2 Å². The zero-order valence-corrected chi connectivity index (χ0v) is 12.8. The van der Waals surface area contributed by atoms with Crippen molar-refractivity contribution in [3.63, 3.8) is 0 Å². The highest BCUT2D eigenvalue weighted by Gasteiger charge is 2.26. The average molecular weight is 267 g/mol. The lowest BCUT2D eigenvalue weighted by Crippen LogP contribution is -2.33. The zero-order chi connectivity index (χ0) is 13.1. The van der Waals surface area contributed by atoms with Gasteiger partial charge in [-0.2, -0.15) is 0 Å². The molecule has 0 aliphatic heterocycles. The van der Waals surface area contributed by atoms with Crippen LogP contribution in [0.2, 0.25) is 0 Å². The molecule has 1 aromatic heterocycles. The largest absolute Gasteiger partial charge is 0.357 e. The minimum absolute atomic E-state index is 0.577. The first kappa shape index (κ1) is 13.8. The van der Waals surface area contributed by atoms with E-state index in [2.05, 4.69) is 43.2 Å². The molecule has 1 saturated carbocycles. The molecule has 0 saturated heterocycles. The van der Waals surface area contributed by atoms with Crippen molar-refractivity contribution < 1.29 is 0 Å². The third kappa shape index (κ3) is 3.67. The second-order valence-corrected chi connectivity index (χ2v) is 7.31. The fraction of sp³-hybridized carbons (Fsp3) is 0.857. The van der Waals surface area contributed by atoms with Gasteiger partial charge in [0.15, 0.2) is 0 Å². The highest BCUT2D eigenvalue weighted by molar-refractivity contribution is 7.15. The van der Waals surface area contributed by atoms with E-state index in [4.69, 9.17) is 0 Å². The van der Waals surface area contributed by atoms with Gasteiger partial charge in [-0.1, -0.05) is 45.5 Å². The molecular weight excluding hydrogens is 242 g/mol. The van der Waals surface area contributed by atoms with Gasteiger partial charge in [-0.3, -0.25) is 0 Å². The van der Waals surface area contributed by atoms with Gasteiger partial charge in [0.05, 0.1) is 0 Å². The number of aromatic nitrogens is 2. The summed E-state index contributed by atoms with van der Waals surface area (Å²) in [6, 6.07) is 0.577. The molecule has 3 atom stereocenters. The zero-order valence-electron chi connectivity index (χ0n) is 11.9. The van der Waals surface area contributed by atoms with Gasteiger partial charge < -0.3 is 5.32 Å². The molecule has 1 fully saturated rings. The fourth-order valence-corrected chi connectivity index (χ4v) is 3.65. The molecule has 1 aromatic rings. The van der Waals surface area contributed by atoms with Crippen LogP contribution in [0.15, 0.2) is 0 Å². The molecule has 0 radical (unpaired) electrons. The predicted octanol–water partition coefficient (Wildman–Crippen LogP) is 3.97. The predicted molar refractivity (Wildman–Crippen MR) is 78.0 cm³/mol. The molecule has 0 bridgehead atoms. The summed E-state index contributed by atoms with van der Waals surface area (Å²) in [5.41, 5.74) is 0. The van der Waals surface area contributed by atoms with Crippen molar-refractivity contribution in [1.29, 1.82) is 0 Å². The summed E-state index contributed by atoms with van der Waals surface area (Å²) >= 11 is 1.72. The summed E-state index contributed by atoms with van der Waals surface area (Å²) < 4.78 is 0. The van der Waals surface area contributed by atoms with Crippen molar-refractivity contribution in [3.05, 3.63) is 5.01 Å². The molecule has 2 rings (SSSR count). The van der Waals surface area contributed by atoms with Crippen molar-refractivity contribution in [2.24, 2.45) is 17.8 Å². The van der Waals surface area contributed by atoms with E-state index in [-0.39, 0.29) is 0 Å². The molecule has 1 aliphatic carbocycles. The molecule has 102 valence electrons. The van der Waals surface area contributed by atoms with E-state index in [0.29, 0.717) is 12.0 Å². The van der Waals surface area contributed by atoms with Gasteiger partial charge in [-0.15, -0.1) is 10.2 Å². The third-order valence-electron chi connectivity index (χ3n) is 3.82. The summed E-state index contributed by atoms with van der Waals surface area (Å²) in [6.07, 6.45) is 5.00. The van der Waals surface area contributed by atoms with Crippen molar-refractivity contribution in [2.75, 3.05) is 5.32 Å². The van der Waals surface area contributed by atoms with Crippen molar-refractivity contribution >= 4 is 16.5 Å². The topological polar surface area (TPSA) is 37.8 Å². The Hall–Kier alpha value is -0.640. The Balaban J connectivity index is 1.93. The molecule has 3 unspecified atom stereocenters. The number of hydrogen-bond acceptors (Lipinski definition) is 4. The lowest BCUT2D eigenvalue weighted by atomic mass is 9.80. The quantitative estimate of drug-likeness (QED) is 0.897. The first-order valence-corrected chi connectivity index (χ1v) is 7.95. The number of anilines is 1. The maximum atomic E-state index is 4.28. The van der Waals surface area contributed by atoms with Crippen molar-refractivity contribution in [2.45, 2.75) is 59.4 Å². The molecule has 18 heavy (non-hydrogen) atoms. The Morgan fingerprint density at radius 1 is 1.28 bits per heavy atom. The van der Waals surface area contributed by atoms with Crippen LogP contribution in [0.25, 0.3) is 0 Å². The van der Waals surface area contributed by atoms with E-state index < -0.39 is 0 Å². The Labute approximate surface area is 114 Å². The van der Waals surface area contributed by atoms with Crippen LogP contribution in [-0.2, 0) is 6.42 Å². The maximum Gasteiger partial charge on any atom is 0.205 e. The lowest BCUT2D eigenvalue weighted by molar-refractivity contribution is 0.280. The van der Waals surface area contributed by atoms with E-state index in [1.54, 1.807) is 11.3 Å². The highest BCUT2D eigenvalue weighted by atomic mass is 32.1. The molecule has 4 heteroatoms. The average Bonchev–Trinajstić information content (AvgIpc) is 2.70. The first-order valence-electron chi connectivity index (χ1n) is 7.13. The maximum absolute atomic E-state index is 4.28. The van der Waals surface area contributed by atoms with Crippen molar-refractivity contribution in [1.82, 2.24) is 10.2 Å². The van der Waals surface area contributed by atoms with E-state index in [0.717, 1.165) is 28.4 Å². The Bertz CT molecular complexity index is 375. The van der Waals surface area contributed by atoms with E-state index in [1.807, 2.05) is 0 Å². The molecule has 1 aliphatic rings. The summed E-state index contributed by atoms with van der Waals surface area (Å²) in [7, 11) is 0. The van der Waals surface area contributed by atoms with E-state index in [9.17, 15) is 0 Å². The standard InChI is InChI=1S/C14H25N3S/c1-9(2)7-13-16-17-14(18-13)15-12-8-10(3)5-6-11(12)4/h9-12H,5-8H2,1-4H3,(H,15,17). The number of nitrogens with one attached hydrogen (secondary N) is 1. The van der Waals surface area contributed by atoms with Crippen LogP contribution in [0, 0.1) is 17.8 Å². The lowest BCUT2D eigenvalue weighted by Gasteiger charge is -2.33. The number of rotatable bonds is 4. The van der Waals surface area contributed by atoms with E-state index in [1.165, 1.54) is 19.3 Å².